The Balaban J connectivity index is 2.37. The second-order valence-electron chi connectivity index (χ2n) is 1.63. The van der Waals surface area contributed by atoms with Crippen LogP contribution in [-0.4, -0.2) is 25.3 Å². The summed E-state index contributed by atoms with van der Waals surface area (Å²) in [5.74, 6) is 0. The molecule has 1 N–H and O–H groups in total. The minimum atomic E-state index is 0.0521. The van der Waals surface area contributed by atoms with Crippen LogP contribution < -0.4 is 5.32 Å². The monoisotopic (exact) mass is 142 g/mol. The normalized spacial score (nSPS) is 23.0. The first-order valence-corrected chi connectivity index (χ1v) is 3.58. The number of likely N-dealkylation sites (N-methyl/N-ethyl adjacent to an activating group) is 1. The topological polar surface area (TPSA) is 28.8 Å². The van der Waals surface area contributed by atoms with Gasteiger partial charge in [-0.1, -0.05) is 0 Å². The molecule has 3 nitrogen and oxygen atoms in total. The maximum Gasteiger partial charge on any atom is 0.378 e. The molecule has 0 aromatic rings. The number of nitrogens with zero attached hydrogens (tertiary/aromatic N) is 2. The smallest absolute Gasteiger partial charge is 0.311 e. The predicted octanol–water partition coefficient (Wildman–Crippen LogP) is 0.597. The lowest BCUT2D eigenvalue weighted by molar-refractivity contribution is 0.715. The van der Waals surface area contributed by atoms with E-state index < -0.39 is 0 Å². The predicted molar refractivity (Wildman–Crippen MR) is 41.0 cm³/mol. The Labute approximate surface area is 58.4 Å². The summed E-state index contributed by atoms with van der Waals surface area (Å²) in [7, 11) is 1.88. The minimum absolute atomic E-state index is 0.0521. The van der Waals surface area contributed by atoms with Crippen LogP contribution in [0.5, 0.6) is 0 Å². The van der Waals surface area contributed by atoms with Crippen LogP contribution in [0.1, 0.15) is 0 Å². The molecule has 0 amide bonds. The third kappa shape index (κ3) is 2.04. The molecule has 1 atom stereocenters. The lowest BCUT2D eigenvalue weighted by atomic mass is 10.5. The van der Waals surface area contributed by atoms with Crippen molar-refractivity contribution < 1.29 is 0 Å². The second-order valence-corrected chi connectivity index (χ2v) is 2.26. The summed E-state index contributed by atoms with van der Waals surface area (Å²) in [6.45, 7) is 0.796. The Morgan fingerprint density at radius 3 is 3.44 bits per heavy atom. The van der Waals surface area contributed by atoms with Gasteiger partial charge < -0.3 is 5.32 Å². The molecule has 1 rings (SSSR count). The molecule has 1 unspecified atom stereocenters. The van der Waals surface area contributed by atoms with Gasteiger partial charge in [0.1, 0.15) is 0 Å². The first-order chi connectivity index (χ1) is 4.43. The highest BCUT2D eigenvalue weighted by Gasteiger charge is 2.14. The molecule has 1 heterocycles. The number of hydrogen-bond donors (Lipinski definition) is 1. The number of hydrogen-bond acceptors (Lipinski definition) is 3. The number of rotatable bonds is 2. The van der Waals surface area contributed by atoms with E-state index in [4.69, 9.17) is 0 Å². The second kappa shape index (κ2) is 3.49. The summed E-state index contributed by atoms with van der Waals surface area (Å²) in [6, 6.07) is 0. The average Bonchev–Trinajstić information content (AvgIpc) is 1.91. The number of thiocyanates is 1. The molecular weight excluding hydrogens is 134 g/mol. The summed E-state index contributed by atoms with van der Waals surface area (Å²) in [5, 5.41) is 5.75. The van der Waals surface area contributed by atoms with E-state index in [0.29, 0.717) is 0 Å². The van der Waals surface area contributed by atoms with Crippen molar-refractivity contribution in [2.75, 3.05) is 13.6 Å². The van der Waals surface area contributed by atoms with Crippen molar-refractivity contribution in [2.45, 2.75) is 6.17 Å². The van der Waals surface area contributed by atoms with Crippen LogP contribution >= 0.6 is 11.8 Å². The van der Waals surface area contributed by atoms with Crippen LogP contribution in [0.15, 0.2) is 4.99 Å². The summed E-state index contributed by atoms with van der Waals surface area (Å²) in [6.07, 6.45) is 0.0521. The SMILES string of the molecule is CNCC1N=CSC#[N+]1. The van der Waals surface area contributed by atoms with Gasteiger partial charge in [-0.2, -0.15) is 0 Å². The average molecular weight is 142 g/mol. The van der Waals surface area contributed by atoms with Gasteiger partial charge in [-0.3, -0.25) is 0 Å². The van der Waals surface area contributed by atoms with Gasteiger partial charge in [-0.15, -0.1) is 0 Å². The summed E-state index contributed by atoms with van der Waals surface area (Å²) >= 11 is 1.39. The first-order valence-electron chi connectivity index (χ1n) is 2.70. The minimum Gasteiger partial charge on any atom is -0.311 e. The lowest BCUT2D eigenvalue weighted by Crippen LogP contribution is -2.19. The van der Waals surface area contributed by atoms with E-state index in [-0.39, 0.29) is 6.17 Å². The largest absolute Gasteiger partial charge is 0.378 e. The van der Waals surface area contributed by atoms with Crippen LogP contribution in [0.2, 0.25) is 0 Å². The fourth-order valence-corrected chi connectivity index (χ4v) is 0.961. The van der Waals surface area contributed by atoms with E-state index >= 15 is 0 Å². The van der Waals surface area contributed by atoms with Crippen molar-refractivity contribution in [1.29, 1.82) is 0 Å². The highest BCUT2D eigenvalue weighted by atomic mass is 32.2. The third-order valence-corrected chi connectivity index (χ3v) is 1.36. The van der Waals surface area contributed by atoms with Gasteiger partial charge in [0, 0.05) is 0 Å². The summed E-state index contributed by atoms with van der Waals surface area (Å²) < 4.78 is 0. The Morgan fingerprint density at radius 2 is 2.89 bits per heavy atom. The van der Waals surface area contributed by atoms with Crippen molar-refractivity contribution in [2.24, 2.45) is 4.99 Å². The molecule has 0 spiro atoms. The maximum atomic E-state index is 4.07. The van der Waals surface area contributed by atoms with Crippen LogP contribution in [0.3, 0.4) is 0 Å². The molecule has 0 aromatic carbocycles. The molecule has 0 bridgehead atoms. The standard InChI is InChI=1S/C5H8N3S/c1-6-2-5-7-3-9-4-8-5/h3,5-6H,2H2,1H3/q+1. The molecule has 9 heavy (non-hydrogen) atoms. The van der Waals surface area contributed by atoms with Gasteiger partial charge >= 0.3 is 11.6 Å². The molecule has 1 aliphatic rings. The van der Waals surface area contributed by atoms with Gasteiger partial charge in [0.15, 0.2) is 0 Å². The van der Waals surface area contributed by atoms with Crippen molar-refractivity contribution in [3.8, 4) is 5.40 Å². The van der Waals surface area contributed by atoms with Crippen molar-refractivity contribution in [3.63, 3.8) is 0 Å². The Hall–Kier alpha value is -0.530. The molecular formula is C5H8N3S+. The molecule has 48 valence electrons. The first kappa shape index (κ1) is 6.59. The summed E-state index contributed by atoms with van der Waals surface area (Å²) in [4.78, 5) is 8.04. The third-order valence-electron chi connectivity index (χ3n) is 0.927. The zero-order valence-corrected chi connectivity index (χ0v) is 5.98. The van der Waals surface area contributed by atoms with Crippen molar-refractivity contribution >= 4 is 17.3 Å². The number of aliphatic imine (C=N–C) groups is 1. The Kier molecular flexibility index (Phi) is 2.55. The van der Waals surface area contributed by atoms with Gasteiger partial charge in [0.05, 0.1) is 23.9 Å². The fourth-order valence-electron chi connectivity index (χ4n) is 0.530. The van der Waals surface area contributed by atoms with E-state index in [1.165, 1.54) is 11.8 Å². The van der Waals surface area contributed by atoms with E-state index in [9.17, 15) is 0 Å². The summed E-state index contributed by atoms with van der Waals surface area (Å²) in [5.41, 5.74) is 1.76. The van der Waals surface area contributed by atoms with Crippen LogP contribution in [0.25, 0.3) is 4.85 Å². The van der Waals surface area contributed by atoms with Crippen molar-refractivity contribution in [3.05, 3.63) is 4.85 Å². The van der Waals surface area contributed by atoms with Crippen molar-refractivity contribution in [1.82, 2.24) is 5.32 Å². The number of thioether (sulfide) groups is 1. The van der Waals surface area contributed by atoms with Crippen LogP contribution in [-0.2, 0) is 0 Å². The van der Waals surface area contributed by atoms with Crippen LogP contribution in [0, 0.1) is 5.40 Å². The lowest BCUT2D eigenvalue weighted by Gasteiger charge is -1.93. The number of nitrogens with one attached hydrogen (secondary N) is 1. The van der Waals surface area contributed by atoms with E-state index in [2.05, 4.69) is 20.6 Å². The van der Waals surface area contributed by atoms with Gasteiger partial charge in [0.25, 0.3) is 0 Å². The Morgan fingerprint density at radius 1 is 2.00 bits per heavy atom. The van der Waals surface area contributed by atoms with E-state index in [1.54, 1.807) is 5.55 Å². The van der Waals surface area contributed by atoms with Gasteiger partial charge in [0.2, 0.25) is 0 Å². The van der Waals surface area contributed by atoms with Crippen LogP contribution in [0.4, 0.5) is 0 Å². The fraction of sp³-hybridized carbons (Fsp3) is 0.600. The molecule has 0 aliphatic carbocycles. The quantitative estimate of drug-likeness (QED) is 0.572. The maximum absolute atomic E-state index is 4.07. The van der Waals surface area contributed by atoms with E-state index in [0.717, 1.165) is 6.54 Å². The molecule has 0 saturated heterocycles. The van der Waals surface area contributed by atoms with E-state index in [1.807, 2.05) is 7.05 Å². The zero-order valence-electron chi connectivity index (χ0n) is 5.16. The van der Waals surface area contributed by atoms with Gasteiger partial charge in [-0.05, 0) is 11.9 Å². The highest BCUT2D eigenvalue weighted by molar-refractivity contribution is 8.16. The molecule has 1 aliphatic heterocycles. The molecule has 0 radical (unpaired) electrons. The molecule has 0 saturated carbocycles. The Bertz CT molecular complexity index is 167. The molecule has 0 fully saturated rings. The zero-order chi connectivity index (χ0) is 6.53. The molecule has 4 heteroatoms. The highest BCUT2D eigenvalue weighted by Crippen LogP contribution is 2.03. The molecule has 0 aromatic heterocycles. The van der Waals surface area contributed by atoms with Gasteiger partial charge in [-0.25, -0.2) is 4.99 Å².